The number of nitro benzene ring substituents is 1. The van der Waals surface area contributed by atoms with Crippen LogP contribution in [0.25, 0.3) is 6.08 Å². The van der Waals surface area contributed by atoms with Crippen molar-refractivity contribution < 1.29 is 19.2 Å². The number of amides is 2. The van der Waals surface area contributed by atoms with Crippen molar-refractivity contribution in [2.75, 3.05) is 17.2 Å². The van der Waals surface area contributed by atoms with Crippen molar-refractivity contribution in [3.05, 3.63) is 97.0 Å². The maximum atomic E-state index is 12.5. The van der Waals surface area contributed by atoms with Crippen LogP contribution in [0.15, 0.2) is 66.2 Å². The molecule has 0 radical (unpaired) electrons. The Morgan fingerprint density at radius 2 is 1.69 bits per heavy atom. The summed E-state index contributed by atoms with van der Waals surface area (Å²) in [4.78, 5) is 35.0. The third-order valence-corrected chi connectivity index (χ3v) is 5.40. The van der Waals surface area contributed by atoms with Crippen molar-refractivity contribution >= 4 is 69.8 Å². The maximum absolute atomic E-state index is 12.5. The number of nitro groups is 1. The highest BCUT2D eigenvalue weighted by Crippen LogP contribution is 2.35. The summed E-state index contributed by atoms with van der Waals surface area (Å²) >= 11 is 18.5. The molecule has 3 aromatic carbocycles. The van der Waals surface area contributed by atoms with Gasteiger partial charge in [0, 0.05) is 17.8 Å². The number of benzene rings is 3. The van der Waals surface area contributed by atoms with Gasteiger partial charge in [-0.15, -0.1) is 0 Å². The Labute approximate surface area is 220 Å². The highest BCUT2D eigenvalue weighted by molar-refractivity contribution is 6.37. The van der Waals surface area contributed by atoms with Gasteiger partial charge >= 0.3 is 0 Å². The summed E-state index contributed by atoms with van der Waals surface area (Å²) in [5, 5.41) is 25.8. The number of halogens is 3. The van der Waals surface area contributed by atoms with Crippen LogP contribution in [0, 0.1) is 21.4 Å². The van der Waals surface area contributed by atoms with Crippen molar-refractivity contribution in [3.8, 4) is 11.8 Å². The van der Waals surface area contributed by atoms with E-state index in [2.05, 4.69) is 10.6 Å². The normalized spacial score (nSPS) is 10.8. The van der Waals surface area contributed by atoms with Gasteiger partial charge in [-0.05, 0) is 42.0 Å². The summed E-state index contributed by atoms with van der Waals surface area (Å²) in [7, 11) is 0. The van der Waals surface area contributed by atoms with E-state index >= 15 is 0 Å². The number of carbonyl (C=O) groups is 2. The topological polar surface area (TPSA) is 134 Å². The van der Waals surface area contributed by atoms with E-state index in [1.807, 2.05) is 0 Å². The number of ether oxygens (including phenoxy) is 1. The van der Waals surface area contributed by atoms with Gasteiger partial charge in [0.1, 0.15) is 11.6 Å². The molecule has 0 saturated heterocycles. The molecule has 0 aromatic heterocycles. The first-order valence-electron chi connectivity index (χ1n) is 10.0. The molecule has 2 amide bonds. The van der Waals surface area contributed by atoms with E-state index in [-0.39, 0.29) is 32.7 Å². The first kappa shape index (κ1) is 26.5. The molecule has 0 aliphatic heterocycles. The summed E-state index contributed by atoms with van der Waals surface area (Å²) in [5.41, 5.74) is 0.345. The molecule has 0 saturated carbocycles. The van der Waals surface area contributed by atoms with Crippen LogP contribution in [0.2, 0.25) is 15.1 Å². The Kier molecular flexibility index (Phi) is 8.86. The second-order valence-corrected chi connectivity index (χ2v) is 8.28. The molecule has 0 bridgehead atoms. The SMILES string of the molecule is N#C/C(=C/c1cc(Cl)c(OCC(=O)Nc2ccccc2Cl)c(Cl)c1)C(=O)Nc1cccc([N+](=O)[O-])c1. The summed E-state index contributed by atoms with van der Waals surface area (Å²) in [6.07, 6.45) is 1.23. The average molecular weight is 546 g/mol. The molecule has 0 atom stereocenters. The minimum absolute atomic E-state index is 0.0318. The molecule has 182 valence electrons. The fraction of sp³-hybridized carbons (Fsp3) is 0.0417. The van der Waals surface area contributed by atoms with Gasteiger partial charge in [-0.1, -0.05) is 53.0 Å². The van der Waals surface area contributed by atoms with Crippen molar-refractivity contribution in [1.29, 1.82) is 5.26 Å². The van der Waals surface area contributed by atoms with Crippen LogP contribution in [0.1, 0.15) is 5.56 Å². The minimum Gasteiger partial charge on any atom is -0.481 e. The number of carbonyl (C=O) groups excluding carboxylic acids is 2. The number of non-ortho nitro benzene ring substituents is 1. The Morgan fingerprint density at radius 1 is 1.00 bits per heavy atom. The average Bonchev–Trinajstić information content (AvgIpc) is 2.83. The molecule has 0 heterocycles. The monoisotopic (exact) mass is 544 g/mol. The summed E-state index contributed by atoms with van der Waals surface area (Å²) < 4.78 is 5.45. The first-order valence-corrected chi connectivity index (χ1v) is 11.1. The number of hydrogen-bond donors (Lipinski definition) is 2. The lowest BCUT2D eigenvalue weighted by Gasteiger charge is -2.12. The molecule has 12 heteroatoms. The van der Waals surface area contributed by atoms with Gasteiger partial charge in [0.25, 0.3) is 17.5 Å². The second kappa shape index (κ2) is 12.0. The molecule has 3 rings (SSSR count). The zero-order valence-corrected chi connectivity index (χ0v) is 20.4. The molecule has 3 aromatic rings. The van der Waals surface area contributed by atoms with E-state index < -0.39 is 23.3 Å². The summed E-state index contributed by atoms with van der Waals surface area (Å²) in [5.74, 6) is -1.25. The van der Waals surface area contributed by atoms with Gasteiger partial charge in [-0.25, -0.2) is 0 Å². The lowest BCUT2D eigenvalue weighted by Crippen LogP contribution is -2.20. The molecule has 2 N–H and O–H groups in total. The quantitative estimate of drug-likeness (QED) is 0.152. The van der Waals surface area contributed by atoms with Crippen molar-refractivity contribution in [2.45, 2.75) is 0 Å². The number of hydrogen-bond acceptors (Lipinski definition) is 6. The van der Waals surface area contributed by atoms with E-state index in [9.17, 15) is 25.0 Å². The van der Waals surface area contributed by atoms with Gasteiger partial charge in [-0.3, -0.25) is 19.7 Å². The van der Waals surface area contributed by atoms with Crippen molar-refractivity contribution in [1.82, 2.24) is 0 Å². The largest absolute Gasteiger partial charge is 0.481 e. The Bertz CT molecular complexity index is 1400. The lowest BCUT2D eigenvalue weighted by molar-refractivity contribution is -0.384. The van der Waals surface area contributed by atoms with Crippen LogP contribution in [0.5, 0.6) is 5.75 Å². The van der Waals surface area contributed by atoms with Crippen molar-refractivity contribution in [2.24, 2.45) is 0 Å². The lowest BCUT2D eigenvalue weighted by atomic mass is 10.1. The summed E-state index contributed by atoms with van der Waals surface area (Å²) in [6.45, 7) is -0.408. The van der Waals surface area contributed by atoms with Crippen LogP contribution in [0.3, 0.4) is 0 Å². The van der Waals surface area contributed by atoms with E-state index in [0.29, 0.717) is 16.3 Å². The molecule has 0 aliphatic rings. The Balaban J connectivity index is 1.71. The van der Waals surface area contributed by atoms with Crippen LogP contribution < -0.4 is 15.4 Å². The minimum atomic E-state index is -0.790. The Morgan fingerprint density at radius 3 is 2.33 bits per heavy atom. The van der Waals surface area contributed by atoms with E-state index in [4.69, 9.17) is 39.5 Å². The van der Waals surface area contributed by atoms with Gasteiger partial charge in [0.2, 0.25) is 0 Å². The standard InChI is InChI=1S/C24H15Cl3N4O5/c25-18-6-1-2-7-21(18)30-22(32)13-36-23-19(26)9-14(10-20(23)27)8-15(12-28)24(33)29-16-4-3-5-17(11-16)31(34)35/h1-11H,13H2,(H,29,33)(H,30,32)/b15-8-. The van der Waals surface area contributed by atoms with Crippen LogP contribution in [-0.4, -0.2) is 23.3 Å². The number of para-hydroxylation sites is 1. The van der Waals surface area contributed by atoms with Crippen LogP contribution in [0.4, 0.5) is 17.1 Å². The van der Waals surface area contributed by atoms with E-state index in [1.54, 1.807) is 30.3 Å². The molecule has 0 fully saturated rings. The molecule has 0 aliphatic carbocycles. The number of anilines is 2. The highest BCUT2D eigenvalue weighted by Gasteiger charge is 2.15. The first-order chi connectivity index (χ1) is 17.2. The van der Waals surface area contributed by atoms with Gasteiger partial charge < -0.3 is 15.4 Å². The third-order valence-electron chi connectivity index (χ3n) is 4.51. The van der Waals surface area contributed by atoms with Crippen LogP contribution >= 0.6 is 34.8 Å². The van der Waals surface area contributed by atoms with Gasteiger partial charge in [0.15, 0.2) is 12.4 Å². The predicted octanol–water partition coefficient (Wildman–Crippen LogP) is 6.12. The van der Waals surface area contributed by atoms with Gasteiger partial charge in [0.05, 0.1) is 25.7 Å². The van der Waals surface area contributed by atoms with Crippen molar-refractivity contribution in [3.63, 3.8) is 0 Å². The smallest absolute Gasteiger partial charge is 0.271 e. The number of nitrogens with zero attached hydrogens (tertiary/aromatic N) is 2. The molecule has 0 spiro atoms. The Hall–Kier alpha value is -4.10. The fourth-order valence-corrected chi connectivity index (χ4v) is 3.69. The zero-order valence-electron chi connectivity index (χ0n) is 18.1. The highest BCUT2D eigenvalue weighted by atomic mass is 35.5. The third kappa shape index (κ3) is 6.96. The molecule has 36 heavy (non-hydrogen) atoms. The van der Waals surface area contributed by atoms with E-state index in [0.717, 1.165) is 6.07 Å². The molecular formula is C24H15Cl3N4O5. The zero-order chi connectivity index (χ0) is 26.2. The second-order valence-electron chi connectivity index (χ2n) is 7.06. The maximum Gasteiger partial charge on any atom is 0.271 e. The summed E-state index contributed by atoms with van der Waals surface area (Å²) in [6, 6.07) is 16.5. The molecule has 0 unspecified atom stereocenters. The van der Waals surface area contributed by atoms with Crippen LogP contribution in [-0.2, 0) is 9.59 Å². The number of rotatable bonds is 8. The van der Waals surface area contributed by atoms with E-state index in [1.165, 1.54) is 36.4 Å². The fourth-order valence-electron chi connectivity index (χ4n) is 2.90. The number of nitriles is 1. The number of nitrogens with one attached hydrogen (secondary N) is 2. The predicted molar refractivity (Wildman–Crippen MR) is 137 cm³/mol. The van der Waals surface area contributed by atoms with Gasteiger partial charge in [-0.2, -0.15) is 5.26 Å². The molecule has 9 nitrogen and oxygen atoms in total. The molecular weight excluding hydrogens is 531 g/mol.